The number of aromatic amines is 1. The molecule has 0 saturated carbocycles. The molecule has 0 bridgehead atoms. The molecule has 2 aromatic rings. The highest BCUT2D eigenvalue weighted by Crippen LogP contribution is 2.23. The molecule has 6 nitrogen and oxygen atoms in total. The summed E-state index contributed by atoms with van der Waals surface area (Å²) in [6, 6.07) is 7.70. The maximum absolute atomic E-state index is 11.8. The SMILES string of the molecule is CC(C)(C)c1ccc(NC(=O)c2nc(N)n[nH]2)cc1. The topological polar surface area (TPSA) is 96.7 Å². The number of anilines is 2. The molecule has 0 aliphatic rings. The van der Waals surface area contributed by atoms with Crippen LogP contribution in [-0.2, 0) is 5.41 Å². The Morgan fingerprint density at radius 3 is 2.37 bits per heavy atom. The number of carbonyl (C=O) groups excluding carboxylic acids is 1. The van der Waals surface area contributed by atoms with E-state index in [1.807, 2.05) is 24.3 Å². The summed E-state index contributed by atoms with van der Waals surface area (Å²) in [6.07, 6.45) is 0. The van der Waals surface area contributed by atoms with Crippen LogP contribution < -0.4 is 11.1 Å². The molecule has 100 valence electrons. The first kappa shape index (κ1) is 13.1. The van der Waals surface area contributed by atoms with Crippen molar-refractivity contribution in [3.8, 4) is 0 Å². The zero-order valence-corrected chi connectivity index (χ0v) is 11.2. The molecule has 0 unspecified atom stereocenters. The number of hydrogen-bond acceptors (Lipinski definition) is 4. The van der Waals surface area contributed by atoms with Gasteiger partial charge >= 0.3 is 0 Å². The summed E-state index contributed by atoms with van der Waals surface area (Å²) in [7, 11) is 0. The standard InChI is InChI=1S/C13H17N5O/c1-13(2,3)8-4-6-9(7-5-8)15-11(19)10-16-12(14)18-17-10/h4-7H,1-3H3,(H,15,19)(H3,14,16,17,18). The van der Waals surface area contributed by atoms with E-state index in [-0.39, 0.29) is 23.1 Å². The van der Waals surface area contributed by atoms with E-state index in [1.54, 1.807) is 0 Å². The number of nitrogens with one attached hydrogen (secondary N) is 2. The van der Waals surface area contributed by atoms with Crippen LogP contribution in [0.15, 0.2) is 24.3 Å². The van der Waals surface area contributed by atoms with Crippen molar-refractivity contribution < 1.29 is 4.79 Å². The van der Waals surface area contributed by atoms with E-state index in [0.29, 0.717) is 5.69 Å². The first-order valence-corrected chi connectivity index (χ1v) is 5.96. The van der Waals surface area contributed by atoms with Crippen LogP contribution in [0, 0.1) is 0 Å². The van der Waals surface area contributed by atoms with Crippen LogP contribution in [0.2, 0.25) is 0 Å². The van der Waals surface area contributed by atoms with E-state index in [2.05, 4.69) is 41.3 Å². The zero-order valence-electron chi connectivity index (χ0n) is 11.2. The number of rotatable bonds is 2. The number of nitrogens with zero attached hydrogens (tertiary/aromatic N) is 2. The first-order valence-electron chi connectivity index (χ1n) is 5.96. The number of hydrogen-bond donors (Lipinski definition) is 3. The third-order valence-electron chi connectivity index (χ3n) is 2.73. The highest BCUT2D eigenvalue weighted by atomic mass is 16.2. The minimum absolute atomic E-state index is 0.0493. The lowest BCUT2D eigenvalue weighted by Crippen LogP contribution is -2.15. The number of nitrogens with two attached hydrogens (primary N) is 1. The number of amides is 1. The lowest BCUT2D eigenvalue weighted by molar-refractivity contribution is 0.101. The van der Waals surface area contributed by atoms with E-state index >= 15 is 0 Å². The second-order valence-electron chi connectivity index (χ2n) is 5.32. The van der Waals surface area contributed by atoms with Gasteiger partial charge in [-0.1, -0.05) is 32.9 Å². The van der Waals surface area contributed by atoms with Gasteiger partial charge in [-0.25, -0.2) is 0 Å². The van der Waals surface area contributed by atoms with Gasteiger partial charge in [-0.15, -0.1) is 5.10 Å². The van der Waals surface area contributed by atoms with Gasteiger partial charge in [-0.3, -0.25) is 9.89 Å². The molecule has 1 aromatic heterocycles. The fourth-order valence-electron chi connectivity index (χ4n) is 1.62. The average molecular weight is 259 g/mol. The van der Waals surface area contributed by atoms with Crippen LogP contribution in [0.3, 0.4) is 0 Å². The van der Waals surface area contributed by atoms with Crippen molar-refractivity contribution in [3.63, 3.8) is 0 Å². The van der Waals surface area contributed by atoms with Gasteiger partial charge in [0, 0.05) is 5.69 Å². The van der Waals surface area contributed by atoms with Crippen LogP contribution in [0.25, 0.3) is 0 Å². The van der Waals surface area contributed by atoms with E-state index in [4.69, 9.17) is 5.73 Å². The molecular formula is C13H17N5O. The fraction of sp³-hybridized carbons (Fsp3) is 0.308. The van der Waals surface area contributed by atoms with E-state index in [1.165, 1.54) is 5.56 Å². The van der Waals surface area contributed by atoms with E-state index < -0.39 is 0 Å². The Bertz CT molecular complexity index is 580. The predicted molar refractivity (Wildman–Crippen MR) is 73.9 cm³/mol. The lowest BCUT2D eigenvalue weighted by atomic mass is 9.87. The monoisotopic (exact) mass is 259 g/mol. The summed E-state index contributed by atoms with van der Waals surface area (Å²) in [5, 5.41) is 8.79. The van der Waals surface area contributed by atoms with Gasteiger partial charge in [-0.05, 0) is 23.1 Å². The summed E-state index contributed by atoms with van der Waals surface area (Å²) in [6.45, 7) is 6.41. The Morgan fingerprint density at radius 1 is 1.26 bits per heavy atom. The Morgan fingerprint density at radius 2 is 1.89 bits per heavy atom. The summed E-state index contributed by atoms with van der Waals surface area (Å²) in [5.74, 6) is -0.224. The molecule has 0 fully saturated rings. The van der Waals surface area contributed by atoms with Gasteiger partial charge in [0.25, 0.3) is 5.91 Å². The molecule has 0 atom stereocenters. The molecule has 1 aromatic carbocycles. The Balaban J connectivity index is 2.10. The van der Waals surface area contributed by atoms with E-state index in [0.717, 1.165) is 0 Å². The first-order chi connectivity index (χ1) is 8.86. The van der Waals surface area contributed by atoms with Crippen molar-refractivity contribution >= 4 is 17.5 Å². The molecule has 19 heavy (non-hydrogen) atoms. The van der Waals surface area contributed by atoms with Crippen molar-refractivity contribution in [2.45, 2.75) is 26.2 Å². The summed E-state index contributed by atoms with van der Waals surface area (Å²) < 4.78 is 0. The molecule has 6 heteroatoms. The quantitative estimate of drug-likeness (QED) is 0.767. The second-order valence-corrected chi connectivity index (χ2v) is 5.32. The van der Waals surface area contributed by atoms with Gasteiger partial charge in [0.15, 0.2) is 0 Å². The summed E-state index contributed by atoms with van der Waals surface area (Å²) >= 11 is 0. The number of H-pyrrole nitrogens is 1. The highest BCUT2D eigenvalue weighted by molar-refractivity contribution is 6.01. The second kappa shape index (κ2) is 4.72. The predicted octanol–water partition coefficient (Wildman–Crippen LogP) is 1.94. The largest absolute Gasteiger partial charge is 0.366 e. The highest BCUT2D eigenvalue weighted by Gasteiger charge is 2.14. The van der Waals surface area contributed by atoms with Crippen LogP contribution in [0.4, 0.5) is 11.6 Å². The number of nitrogen functional groups attached to an aromatic ring is 1. The fourth-order valence-corrected chi connectivity index (χ4v) is 1.62. The smallest absolute Gasteiger partial charge is 0.293 e. The molecule has 0 aliphatic carbocycles. The van der Waals surface area contributed by atoms with Crippen LogP contribution >= 0.6 is 0 Å². The molecule has 0 saturated heterocycles. The van der Waals surface area contributed by atoms with Crippen molar-refractivity contribution in [1.29, 1.82) is 0 Å². The number of benzene rings is 1. The van der Waals surface area contributed by atoms with Gasteiger partial charge in [-0.2, -0.15) is 4.98 Å². The van der Waals surface area contributed by atoms with E-state index in [9.17, 15) is 4.79 Å². The number of carbonyl (C=O) groups is 1. The van der Waals surface area contributed by atoms with Gasteiger partial charge in [0.2, 0.25) is 11.8 Å². The minimum Gasteiger partial charge on any atom is -0.366 e. The van der Waals surface area contributed by atoms with Crippen LogP contribution in [0.1, 0.15) is 37.0 Å². The van der Waals surface area contributed by atoms with Gasteiger partial charge in [0.1, 0.15) is 0 Å². The average Bonchev–Trinajstić information content (AvgIpc) is 2.75. The zero-order chi connectivity index (χ0) is 14.0. The molecule has 4 N–H and O–H groups in total. The summed E-state index contributed by atoms with van der Waals surface area (Å²) in [4.78, 5) is 15.6. The van der Waals surface area contributed by atoms with Crippen LogP contribution in [-0.4, -0.2) is 21.1 Å². The van der Waals surface area contributed by atoms with Crippen molar-refractivity contribution in [1.82, 2.24) is 15.2 Å². The molecule has 0 radical (unpaired) electrons. The third kappa shape index (κ3) is 3.09. The molecule has 1 heterocycles. The Hall–Kier alpha value is -2.37. The molecule has 1 amide bonds. The van der Waals surface area contributed by atoms with Crippen molar-refractivity contribution in [2.75, 3.05) is 11.1 Å². The molecule has 0 spiro atoms. The molecule has 2 rings (SSSR count). The number of aromatic nitrogens is 3. The molecular weight excluding hydrogens is 242 g/mol. The normalized spacial score (nSPS) is 11.3. The summed E-state index contributed by atoms with van der Waals surface area (Å²) in [5.41, 5.74) is 7.33. The maximum Gasteiger partial charge on any atom is 0.293 e. The van der Waals surface area contributed by atoms with Crippen molar-refractivity contribution in [2.24, 2.45) is 0 Å². The third-order valence-corrected chi connectivity index (χ3v) is 2.73. The Labute approximate surface area is 111 Å². The maximum atomic E-state index is 11.8. The molecule has 0 aliphatic heterocycles. The Kier molecular flexibility index (Phi) is 3.25. The van der Waals surface area contributed by atoms with Gasteiger partial charge < -0.3 is 11.1 Å². The lowest BCUT2D eigenvalue weighted by Gasteiger charge is -2.19. The van der Waals surface area contributed by atoms with Crippen molar-refractivity contribution in [3.05, 3.63) is 35.7 Å². The minimum atomic E-state index is -0.368. The van der Waals surface area contributed by atoms with Crippen LogP contribution in [0.5, 0.6) is 0 Å². The van der Waals surface area contributed by atoms with Gasteiger partial charge in [0.05, 0.1) is 0 Å².